The average molecular weight is 469 g/mol. The second-order valence-electron chi connectivity index (χ2n) is 9.41. The Morgan fingerprint density at radius 2 is 1.62 bits per heavy atom. The van der Waals surface area contributed by atoms with Crippen LogP contribution >= 0.6 is 0 Å². The van der Waals surface area contributed by atoms with Crippen molar-refractivity contribution in [2.45, 2.75) is 85.5 Å². The number of hydrogen-bond acceptors (Lipinski definition) is 3. The largest absolute Gasteiger partial charge is 0.478 e. The van der Waals surface area contributed by atoms with E-state index < -0.39 is 5.97 Å². The van der Waals surface area contributed by atoms with Crippen LogP contribution in [0.25, 0.3) is 0 Å². The van der Waals surface area contributed by atoms with Gasteiger partial charge in [-0.05, 0) is 103 Å². The maximum atomic E-state index is 11.7. The first kappa shape index (κ1) is 29.4. The minimum atomic E-state index is -0.830. The van der Waals surface area contributed by atoms with E-state index in [2.05, 4.69) is 38.7 Å². The van der Waals surface area contributed by atoms with Crippen molar-refractivity contribution in [2.24, 2.45) is 5.92 Å². The van der Waals surface area contributed by atoms with Gasteiger partial charge in [0.05, 0.1) is 19.1 Å². The molecule has 4 nitrogen and oxygen atoms in total. The molecule has 0 saturated carbocycles. The number of aryl methyl sites for hydroxylation is 1. The first-order valence-corrected chi connectivity index (χ1v) is 12.4. The summed E-state index contributed by atoms with van der Waals surface area (Å²) in [6.07, 6.45) is 19.7. The van der Waals surface area contributed by atoms with Crippen LogP contribution in [0.4, 0.5) is 0 Å². The van der Waals surface area contributed by atoms with Crippen LogP contribution < -0.4 is 0 Å². The van der Waals surface area contributed by atoms with Gasteiger partial charge in [0.25, 0.3) is 0 Å². The summed E-state index contributed by atoms with van der Waals surface area (Å²) in [5.74, 6) is -0.547. The van der Waals surface area contributed by atoms with Crippen molar-refractivity contribution >= 4 is 5.97 Å². The minimum Gasteiger partial charge on any atom is -0.478 e. The highest BCUT2D eigenvalue weighted by Gasteiger charge is 2.13. The molecule has 0 saturated heterocycles. The molecule has 0 radical (unpaired) electrons. The van der Waals surface area contributed by atoms with E-state index in [1.54, 1.807) is 12.5 Å². The van der Waals surface area contributed by atoms with Crippen LogP contribution in [0.1, 0.15) is 84.6 Å². The van der Waals surface area contributed by atoms with Crippen molar-refractivity contribution in [3.05, 3.63) is 82.9 Å². The Labute approximate surface area is 206 Å². The Bertz CT molecular complexity index is 866. The van der Waals surface area contributed by atoms with E-state index in [4.69, 9.17) is 9.52 Å². The van der Waals surface area contributed by atoms with Gasteiger partial charge in [-0.15, -0.1) is 0 Å². The quantitative estimate of drug-likeness (QED) is 0.180. The SMILES string of the molecule is C=C(C)C(C/C=C(\C)CC/C=C(/C)CC/C=C(\C)CO)CC/C(=C/CCc1ccoc1)C(=O)O. The van der Waals surface area contributed by atoms with Gasteiger partial charge in [-0.25, -0.2) is 4.79 Å². The number of rotatable bonds is 17. The monoisotopic (exact) mass is 468 g/mol. The van der Waals surface area contributed by atoms with Crippen molar-refractivity contribution in [3.63, 3.8) is 0 Å². The van der Waals surface area contributed by atoms with Crippen LogP contribution in [0.5, 0.6) is 0 Å². The Morgan fingerprint density at radius 1 is 0.971 bits per heavy atom. The topological polar surface area (TPSA) is 70.7 Å². The van der Waals surface area contributed by atoms with E-state index in [0.29, 0.717) is 18.4 Å². The fourth-order valence-corrected chi connectivity index (χ4v) is 3.74. The number of hydrogen-bond donors (Lipinski definition) is 2. The molecule has 0 bridgehead atoms. The van der Waals surface area contributed by atoms with Crippen LogP contribution in [0.2, 0.25) is 0 Å². The Balaban J connectivity index is 2.50. The summed E-state index contributed by atoms with van der Waals surface area (Å²) in [6.45, 7) is 12.6. The summed E-state index contributed by atoms with van der Waals surface area (Å²) in [5.41, 5.74) is 6.45. The fraction of sp³-hybridized carbons (Fsp3) is 0.500. The van der Waals surface area contributed by atoms with Gasteiger partial charge in [0, 0.05) is 5.57 Å². The molecule has 2 N–H and O–H groups in total. The molecule has 0 fully saturated rings. The van der Waals surface area contributed by atoms with E-state index >= 15 is 0 Å². The van der Waals surface area contributed by atoms with E-state index in [-0.39, 0.29) is 12.5 Å². The molecule has 0 amide bonds. The number of aliphatic hydroxyl groups is 1. The molecule has 0 aliphatic heterocycles. The molecular weight excluding hydrogens is 424 g/mol. The summed E-state index contributed by atoms with van der Waals surface area (Å²) in [7, 11) is 0. The lowest BCUT2D eigenvalue weighted by atomic mass is 9.89. The molecule has 0 aromatic carbocycles. The zero-order valence-electron chi connectivity index (χ0n) is 21.6. The molecule has 1 rings (SSSR count). The summed E-state index contributed by atoms with van der Waals surface area (Å²) in [6, 6.07) is 1.91. The number of allylic oxidation sites excluding steroid dienone is 7. The van der Waals surface area contributed by atoms with Crippen LogP contribution in [-0.2, 0) is 11.2 Å². The number of furan rings is 1. The van der Waals surface area contributed by atoms with Crippen molar-refractivity contribution < 1.29 is 19.4 Å². The Hall–Kier alpha value is -2.59. The number of aliphatic carboxylic acids is 1. The Kier molecular flexibility index (Phi) is 14.7. The van der Waals surface area contributed by atoms with Gasteiger partial charge in [-0.3, -0.25) is 0 Å². The summed E-state index contributed by atoms with van der Waals surface area (Å²) < 4.78 is 5.07. The van der Waals surface area contributed by atoms with Gasteiger partial charge < -0.3 is 14.6 Å². The van der Waals surface area contributed by atoms with E-state index in [1.807, 2.05) is 26.0 Å². The lowest BCUT2D eigenvalue weighted by Crippen LogP contribution is -2.06. The molecule has 4 heteroatoms. The van der Waals surface area contributed by atoms with Crippen LogP contribution in [-0.4, -0.2) is 22.8 Å². The third kappa shape index (κ3) is 13.2. The molecule has 1 atom stereocenters. The smallest absolute Gasteiger partial charge is 0.331 e. The fourth-order valence-electron chi connectivity index (χ4n) is 3.74. The maximum absolute atomic E-state index is 11.7. The van der Waals surface area contributed by atoms with Crippen LogP contribution in [0, 0.1) is 5.92 Å². The second-order valence-corrected chi connectivity index (χ2v) is 9.41. The average Bonchev–Trinajstić information content (AvgIpc) is 3.30. The van der Waals surface area contributed by atoms with Gasteiger partial charge in [0.2, 0.25) is 0 Å². The standard InChI is InChI=1S/C30H44O4/c1-23(2)28(17-18-29(30(32)33)14-8-13-27-19-20-34-22-27)16-15-25(4)11-6-9-24(3)10-7-12-26(5)21-31/h9,12,14-15,19-20,22,28,31H,1,6-8,10-11,13,16-18,21H2,2-5H3,(H,32,33)/b24-9-,25-15+,26-12+,29-14-. The first-order chi connectivity index (χ1) is 16.2. The van der Waals surface area contributed by atoms with Crippen LogP contribution in [0.15, 0.2) is 81.8 Å². The first-order valence-electron chi connectivity index (χ1n) is 12.4. The molecule has 188 valence electrons. The summed E-state index contributed by atoms with van der Waals surface area (Å²) in [5, 5.41) is 18.6. The molecular formula is C30H44O4. The number of aliphatic hydroxyl groups excluding tert-OH is 1. The number of carboxylic acids is 1. The van der Waals surface area contributed by atoms with Crippen molar-refractivity contribution in [2.75, 3.05) is 6.61 Å². The summed E-state index contributed by atoms with van der Waals surface area (Å²) >= 11 is 0. The maximum Gasteiger partial charge on any atom is 0.331 e. The highest BCUT2D eigenvalue weighted by Crippen LogP contribution is 2.24. The van der Waals surface area contributed by atoms with Crippen LogP contribution in [0.3, 0.4) is 0 Å². The highest BCUT2D eigenvalue weighted by atomic mass is 16.4. The van der Waals surface area contributed by atoms with Gasteiger partial charge >= 0.3 is 5.97 Å². The van der Waals surface area contributed by atoms with E-state index in [0.717, 1.165) is 61.7 Å². The highest BCUT2D eigenvalue weighted by molar-refractivity contribution is 5.86. The molecule has 34 heavy (non-hydrogen) atoms. The predicted octanol–water partition coefficient (Wildman–Crippen LogP) is 7.98. The third-order valence-electron chi connectivity index (χ3n) is 6.20. The molecule has 1 aromatic rings. The van der Waals surface area contributed by atoms with Crippen molar-refractivity contribution in [3.8, 4) is 0 Å². The molecule has 1 unspecified atom stereocenters. The van der Waals surface area contributed by atoms with E-state index in [9.17, 15) is 9.90 Å². The van der Waals surface area contributed by atoms with Gasteiger partial charge in [0.15, 0.2) is 0 Å². The lowest BCUT2D eigenvalue weighted by molar-refractivity contribution is -0.132. The molecule has 1 aromatic heterocycles. The molecule has 0 aliphatic rings. The second kappa shape index (κ2) is 16.9. The zero-order chi connectivity index (χ0) is 25.3. The van der Waals surface area contributed by atoms with Gasteiger partial charge in [-0.2, -0.15) is 0 Å². The predicted molar refractivity (Wildman–Crippen MR) is 142 cm³/mol. The lowest BCUT2D eigenvalue weighted by Gasteiger charge is -2.16. The number of carboxylic acid groups (broad SMARTS) is 1. The molecule has 0 spiro atoms. The third-order valence-corrected chi connectivity index (χ3v) is 6.20. The van der Waals surface area contributed by atoms with Crippen molar-refractivity contribution in [1.29, 1.82) is 0 Å². The Morgan fingerprint density at radius 3 is 2.18 bits per heavy atom. The minimum absolute atomic E-state index is 0.137. The molecule has 1 heterocycles. The molecule has 0 aliphatic carbocycles. The van der Waals surface area contributed by atoms with Crippen molar-refractivity contribution in [1.82, 2.24) is 0 Å². The number of carbonyl (C=O) groups is 1. The zero-order valence-corrected chi connectivity index (χ0v) is 21.6. The van der Waals surface area contributed by atoms with Gasteiger partial charge in [-0.1, -0.05) is 53.2 Å². The summed E-state index contributed by atoms with van der Waals surface area (Å²) in [4.78, 5) is 11.7. The van der Waals surface area contributed by atoms with E-state index in [1.165, 1.54) is 11.1 Å². The van der Waals surface area contributed by atoms with Gasteiger partial charge in [0.1, 0.15) is 0 Å². The normalized spacial score (nSPS) is 14.4.